The molecule has 17 heavy (non-hydrogen) atoms. The van der Waals surface area contributed by atoms with Crippen LogP contribution in [0.5, 0.6) is 0 Å². The third kappa shape index (κ3) is 2.46. The highest BCUT2D eigenvalue weighted by Crippen LogP contribution is 2.35. The van der Waals surface area contributed by atoms with Crippen LogP contribution in [-0.2, 0) is 0 Å². The molecule has 88 valence electrons. The van der Waals surface area contributed by atoms with Gasteiger partial charge in [-0.2, -0.15) is 4.39 Å². The van der Waals surface area contributed by atoms with Gasteiger partial charge in [0, 0.05) is 17.3 Å². The van der Waals surface area contributed by atoms with Gasteiger partial charge < -0.3 is 5.73 Å². The van der Waals surface area contributed by atoms with Crippen LogP contribution in [-0.4, -0.2) is 4.98 Å². The van der Waals surface area contributed by atoms with Gasteiger partial charge >= 0.3 is 0 Å². The summed E-state index contributed by atoms with van der Waals surface area (Å²) in [5.41, 5.74) is 6.56. The summed E-state index contributed by atoms with van der Waals surface area (Å²) in [4.78, 5) is 3.52. The Morgan fingerprint density at radius 2 is 1.65 bits per heavy atom. The number of nitrogens with zero attached hydrogens (tertiary/aromatic N) is 1. The van der Waals surface area contributed by atoms with Crippen molar-refractivity contribution in [2.45, 2.75) is 0 Å². The second kappa shape index (κ2) is 4.69. The first-order valence-corrected chi connectivity index (χ1v) is 5.68. The molecule has 0 fully saturated rings. The lowest BCUT2D eigenvalue weighted by Crippen LogP contribution is -1.94. The number of nitrogen functional groups attached to an aromatic ring is 1. The summed E-state index contributed by atoms with van der Waals surface area (Å²) in [5.74, 6) is -0.718. The molecule has 6 heteroatoms. The number of anilines is 1. The molecule has 0 aliphatic heterocycles. The summed E-state index contributed by atoms with van der Waals surface area (Å²) in [7, 11) is 0. The zero-order valence-corrected chi connectivity index (χ0v) is 10.6. The average molecular weight is 292 g/mol. The first-order valence-electron chi connectivity index (χ1n) is 4.55. The number of nitrogens with two attached hydrogens (primary N) is 1. The summed E-state index contributed by atoms with van der Waals surface area (Å²) < 4.78 is 12.9. The maximum Gasteiger partial charge on any atom is 0.236 e. The van der Waals surface area contributed by atoms with E-state index in [1.807, 2.05) is 0 Å². The van der Waals surface area contributed by atoms with Gasteiger partial charge in [-0.05, 0) is 18.2 Å². The lowest BCUT2D eigenvalue weighted by molar-refractivity contribution is 0.589. The second-order valence-electron chi connectivity index (χ2n) is 3.35. The van der Waals surface area contributed by atoms with E-state index in [9.17, 15) is 4.39 Å². The van der Waals surface area contributed by atoms with Crippen LogP contribution in [0, 0.1) is 5.95 Å². The van der Waals surface area contributed by atoms with Crippen molar-refractivity contribution in [2.24, 2.45) is 0 Å². The standard InChI is InChI=1S/C11H6Cl3FN2/c12-7-3-9(14)8(13)2-6(7)5-1-10(16)11(15)17-4-5/h1-4H,16H2. The molecule has 1 aromatic heterocycles. The van der Waals surface area contributed by atoms with E-state index in [4.69, 9.17) is 40.5 Å². The van der Waals surface area contributed by atoms with Gasteiger partial charge in [0.05, 0.1) is 20.8 Å². The predicted molar refractivity (Wildman–Crippen MR) is 69.1 cm³/mol. The van der Waals surface area contributed by atoms with Crippen molar-refractivity contribution in [3.8, 4) is 11.1 Å². The Morgan fingerprint density at radius 1 is 1.00 bits per heavy atom. The minimum absolute atomic E-state index is 0.0513. The van der Waals surface area contributed by atoms with Crippen LogP contribution in [0.1, 0.15) is 0 Å². The topological polar surface area (TPSA) is 38.9 Å². The molecule has 2 aromatic rings. The van der Waals surface area contributed by atoms with Gasteiger partial charge in [0.25, 0.3) is 0 Å². The first-order chi connectivity index (χ1) is 7.99. The summed E-state index contributed by atoms with van der Waals surface area (Å²) >= 11 is 17.7. The van der Waals surface area contributed by atoms with Crippen molar-refractivity contribution in [3.63, 3.8) is 0 Å². The Kier molecular flexibility index (Phi) is 3.43. The van der Waals surface area contributed by atoms with E-state index in [1.54, 1.807) is 6.07 Å². The normalized spacial score (nSPS) is 10.6. The summed E-state index contributed by atoms with van der Waals surface area (Å²) in [6, 6.07) is 4.54. The van der Waals surface area contributed by atoms with Crippen molar-refractivity contribution in [1.82, 2.24) is 4.98 Å². The predicted octanol–water partition coefficient (Wildman–Crippen LogP) is 4.43. The van der Waals surface area contributed by atoms with Gasteiger partial charge in [-0.15, -0.1) is 0 Å². The lowest BCUT2D eigenvalue weighted by atomic mass is 10.1. The molecule has 1 heterocycles. The molecule has 2 N–H and O–H groups in total. The fourth-order valence-corrected chi connectivity index (χ4v) is 2.01. The van der Waals surface area contributed by atoms with Crippen molar-refractivity contribution < 1.29 is 4.39 Å². The largest absolute Gasteiger partial charge is 0.395 e. The molecule has 0 amide bonds. The number of hydrogen-bond donors (Lipinski definition) is 1. The number of benzene rings is 1. The number of rotatable bonds is 1. The monoisotopic (exact) mass is 290 g/mol. The molecule has 0 radical (unpaired) electrons. The van der Waals surface area contributed by atoms with E-state index in [0.717, 1.165) is 0 Å². The highest BCUT2D eigenvalue weighted by atomic mass is 35.5. The highest BCUT2D eigenvalue weighted by molar-refractivity contribution is 6.44. The van der Waals surface area contributed by atoms with Crippen molar-refractivity contribution in [3.05, 3.63) is 45.4 Å². The molecule has 0 atom stereocenters. The van der Waals surface area contributed by atoms with Gasteiger partial charge in [-0.25, -0.2) is 4.98 Å². The SMILES string of the molecule is Nc1cc(-c2cc(Cl)c(Cl)cc2Cl)cnc1F. The lowest BCUT2D eigenvalue weighted by Gasteiger charge is -2.07. The maximum atomic E-state index is 12.9. The van der Waals surface area contributed by atoms with E-state index < -0.39 is 5.95 Å². The van der Waals surface area contributed by atoms with E-state index in [1.165, 1.54) is 18.3 Å². The minimum Gasteiger partial charge on any atom is -0.395 e. The minimum atomic E-state index is -0.718. The van der Waals surface area contributed by atoms with Gasteiger partial charge in [0.2, 0.25) is 5.95 Å². The quantitative estimate of drug-likeness (QED) is 0.623. The van der Waals surface area contributed by atoms with E-state index in [2.05, 4.69) is 4.98 Å². The van der Waals surface area contributed by atoms with Crippen LogP contribution < -0.4 is 5.73 Å². The molecule has 0 saturated heterocycles. The Balaban J connectivity index is 2.60. The highest BCUT2D eigenvalue weighted by Gasteiger charge is 2.10. The zero-order valence-electron chi connectivity index (χ0n) is 8.35. The third-order valence-corrected chi connectivity index (χ3v) is 3.22. The van der Waals surface area contributed by atoms with Crippen LogP contribution in [0.25, 0.3) is 11.1 Å². The molecule has 0 unspecified atom stereocenters. The van der Waals surface area contributed by atoms with E-state index >= 15 is 0 Å². The number of pyridine rings is 1. The molecule has 2 nitrogen and oxygen atoms in total. The fourth-order valence-electron chi connectivity index (χ4n) is 1.36. The molecule has 0 aliphatic rings. The molecule has 1 aromatic carbocycles. The Labute approximate surface area is 112 Å². The average Bonchev–Trinajstić information content (AvgIpc) is 2.27. The van der Waals surface area contributed by atoms with Crippen molar-refractivity contribution >= 4 is 40.5 Å². The van der Waals surface area contributed by atoms with Crippen LogP contribution in [0.3, 0.4) is 0 Å². The summed E-state index contributed by atoms with van der Waals surface area (Å²) in [5, 5.41) is 1.10. The maximum absolute atomic E-state index is 12.9. The molecule has 0 spiro atoms. The van der Waals surface area contributed by atoms with Crippen LogP contribution >= 0.6 is 34.8 Å². The van der Waals surface area contributed by atoms with E-state index in [-0.39, 0.29) is 5.69 Å². The van der Waals surface area contributed by atoms with Gasteiger partial charge in [0.15, 0.2) is 0 Å². The van der Waals surface area contributed by atoms with Crippen LogP contribution in [0.15, 0.2) is 24.4 Å². The first kappa shape index (κ1) is 12.4. The fraction of sp³-hybridized carbons (Fsp3) is 0. The van der Waals surface area contributed by atoms with Gasteiger partial charge in [0.1, 0.15) is 0 Å². The molecule has 2 rings (SSSR count). The third-order valence-electron chi connectivity index (χ3n) is 2.19. The van der Waals surface area contributed by atoms with Gasteiger partial charge in [-0.1, -0.05) is 34.8 Å². The molecular formula is C11H6Cl3FN2. The molecule has 0 saturated carbocycles. The summed E-state index contributed by atoms with van der Waals surface area (Å²) in [6.07, 6.45) is 1.33. The molecule has 0 aliphatic carbocycles. The number of aromatic nitrogens is 1. The van der Waals surface area contributed by atoms with Gasteiger partial charge in [-0.3, -0.25) is 0 Å². The number of halogens is 4. The van der Waals surface area contributed by atoms with Crippen molar-refractivity contribution in [1.29, 1.82) is 0 Å². The summed E-state index contributed by atoms with van der Waals surface area (Å²) in [6.45, 7) is 0. The molecular weight excluding hydrogens is 285 g/mol. The Bertz CT molecular complexity index is 587. The van der Waals surface area contributed by atoms with Crippen molar-refractivity contribution in [2.75, 3.05) is 5.73 Å². The smallest absolute Gasteiger partial charge is 0.236 e. The Morgan fingerprint density at radius 3 is 2.29 bits per heavy atom. The zero-order chi connectivity index (χ0) is 12.6. The Hall–Kier alpha value is -1.03. The van der Waals surface area contributed by atoms with Crippen LogP contribution in [0.4, 0.5) is 10.1 Å². The molecule has 0 bridgehead atoms. The van der Waals surface area contributed by atoms with E-state index in [0.29, 0.717) is 26.2 Å². The van der Waals surface area contributed by atoms with Crippen LogP contribution in [0.2, 0.25) is 15.1 Å². The second-order valence-corrected chi connectivity index (χ2v) is 4.57. The number of hydrogen-bond acceptors (Lipinski definition) is 2.